The van der Waals surface area contributed by atoms with Gasteiger partial charge in [-0.1, -0.05) is 243 Å². The number of ether oxygens (including phenoxy) is 3. The first-order valence-electron chi connectivity index (χ1n) is 30.1. The molecule has 402 valence electrons. The van der Waals surface area contributed by atoms with Gasteiger partial charge in [-0.15, -0.1) is 0 Å². The first-order valence-corrected chi connectivity index (χ1v) is 30.1. The van der Waals surface area contributed by atoms with Gasteiger partial charge in [0.1, 0.15) is 13.2 Å². The molecule has 0 aromatic heterocycles. The normalized spacial score (nSPS) is 12.3. The van der Waals surface area contributed by atoms with Crippen LogP contribution >= 0.6 is 0 Å². The van der Waals surface area contributed by atoms with Gasteiger partial charge in [-0.05, 0) is 103 Å². The molecular formula is C63H114O6. The van der Waals surface area contributed by atoms with Gasteiger partial charge < -0.3 is 14.2 Å². The van der Waals surface area contributed by atoms with Crippen molar-refractivity contribution >= 4 is 17.9 Å². The van der Waals surface area contributed by atoms with Crippen LogP contribution in [0.4, 0.5) is 0 Å². The lowest BCUT2D eigenvalue weighted by atomic mass is 10.1. The second-order valence-electron chi connectivity index (χ2n) is 20.2. The van der Waals surface area contributed by atoms with Crippen molar-refractivity contribution in [1.82, 2.24) is 0 Å². The van der Waals surface area contributed by atoms with E-state index in [1.807, 2.05) is 0 Å². The maximum Gasteiger partial charge on any atom is 0.306 e. The van der Waals surface area contributed by atoms with E-state index in [4.69, 9.17) is 14.2 Å². The molecule has 0 spiro atoms. The minimum Gasteiger partial charge on any atom is -0.462 e. The van der Waals surface area contributed by atoms with Crippen LogP contribution in [0.1, 0.15) is 316 Å². The van der Waals surface area contributed by atoms with E-state index in [1.54, 1.807) is 0 Å². The summed E-state index contributed by atoms with van der Waals surface area (Å²) in [6.07, 6.45) is 71.0. The Morgan fingerprint density at radius 1 is 0.290 bits per heavy atom. The number of esters is 3. The van der Waals surface area contributed by atoms with Crippen LogP contribution in [0.3, 0.4) is 0 Å². The Balaban J connectivity index is 4.37. The minimum atomic E-state index is -0.780. The lowest BCUT2D eigenvalue weighted by molar-refractivity contribution is -0.167. The molecule has 0 rings (SSSR count). The number of carbonyl (C=O) groups is 3. The van der Waals surface area contributed by atoms with Crippen molar-refractivity contribution in [3.05, 3.63) is 48.6 Å². The molecule has 0 aliphatic rings. The second kappa shape index (κ2) is 57.9. The van der Waals surface area contributed by atoms with Crippen LogP contribution in [-0.4, -0.2) is 37.2 Å². The molecule has 0 aliphatic heterocycles. The second-order valence-corrected chi connectivity index (χ2v) is 20.2. The van der Waals surface area contributed by atoms with Crippen LogP contribution in [-0.2, 0) is 28.6 Å². The largest absolute Gasteiger partial charge is 0.462 e. The first kappa shape index (κ1) is 66.4. The lowest BCUT2D eigenvalue weighted by Crippen LogP contribution is -2.30. The summed E-state index contributed by atoms with van der Waals surface area (Å²) in [6.45, 7) is 6.63. The molecule has 69 heavy (non-hydrogen) atoms. The Hall–Kier alpha value is -2.63. The maximum atomic E-state index is 12.9. The third-order valence-corrected chi connectivity index (χ3v) is 13.3. The third kappa shape index (κ3) is 56.2. The molecule has 0 bridgehead atoms. The molecule has 0 aromatic carbocycles. The SMILES string of the molecule is CCCCC/C=C\C/C=C\CCCCCCCCCCCC(=O)OC[C@@H](COC(=O)CCCCCCC/C=C\CCCCCCCC)OC(=O)CCCCCCCCC/C=C\CCCCCCCC. The average molecular weight is 968 g/mol. The molecule has 0 aromatic rings. The van der Waals surface area contributed by atoms with E-state index >= 15 is 0 Å². The molecule has 0 radical (unpaired) electrons. The van der Waals surface area contributed by atoms with E-state index in [2.05, 4.69) is 69.4 Å². The number of hydrogen-bond acceptors (Lipinski definition) is 6. The van der Waals surface area contributed by atoms with Gasteiger partial charge >= 0.3 is 17.9 Å². The minimum absolute atomic E-state index is 0.0779. The first-order chi connectivity index (χ1) is 34.0. The Bertz CT molecular complexity index is 1200. The fraction of sp³-hybridized carbons (Fsp3) is 0.825. The van der Waals surface area contributed by atoms with Crippen LogP contribution in [0.15, 0.2) is 48.6 Å². The molecule has 0 N–H and O–H groups in total. The fourth-order valence-electron chi connectivity index (χ4n) is 8.70. The molecule has 0 amide bonds. The summed E-state index contributed by atoms with van der Waals surface area (Å²) in [5, 5.41) is 0. The molecule has 0 heterocycles. The van der Waals surface area contributed by atoms with E-state index in [1.165, 1.54) is 205 Å². The molecule has 1 atom stereocenters. The van der Waals surface area contributed by atoms with E-state index in [9.17, 15) is 14.4 Å². The van der Waals surface area contributed by atoms with E-state index in [-0.39, 0.29) is 31.1 Å². The summed E-state index contributed by atoms with van der Waals surface area (Å²) in [4.78, 5) is 38.2. The van der Waals surface area contributed by atoms with Crippen LogP contribution in [0.2, 0.25) is 0 Å². The van der Waals surface area contributed by atoms with Gasteiger partial charge in [0.05, 0.1) is 0 Å². The van der Waals surface area contributed by atoms with Crippen LogP contribution in [0.25, 0.3) is 0 Å². The van der Waals surface area contributed by atoms with Crippen molar-refractivity contribution in [1.29, 1.82) is 0 Å². The Morgan fingerprint density at radius 3 is 0.841 bits per heavy atom. The highest BCUT2D eigenvalue weighted by Gasteiger charge is 2.19. The zero-order valence-corrected chi connectivity index (χ0v) is 46.1. The number of hydrogen-bond donors (Lipinski definition) is 0. The Labute approximate surface area is 428 Å². The number of allylic oxidation sites excluding steroid dienone is 8. The fourth-order valence-corrected chi connectivity index (χ4v) is 8.70. The van der Waals surface area contributed by atoms with E-state index in [0.29, 0.717) is 19.3 Å². The Kier molecular flexibility index (Phi) is 55.7. The highest BCUT2D eigenvalue weighted by atomic mass is 16.6. The van der Waals surface area contributed by atoms with Crippen LogP contribution < -0.4 is 0 Å². The summed E-state index contributed by atoms with van der Waals surface area (Å²) in [5.74, 6) is -0.879. The summed E-state index contributed by atoms with van der Waals surface area (Å²) < 4.78 is 16.9. The van der Waals surface area contributed by atoms with Crippen LogP contribution in [0, 0.1) is 0 Å². The summed E-state index contributed by atoms with van der Waals surface area (Å²) in [5.41, 5.74) is 0. The van der Waals surface area contributed by atoms with Gasteiger partial charge in [0.25, 0.3) is 0 Å². The van der Waals surface area contributed by atoms with Crippen molar-refractivity contribution < 1.29 is 28.6 Å². The summed E-state index contributed by atoms with van der Waals surface area (Å²) in [6, 6.07) is 0. The number of unbranched alkanes of at least 4 members (excludes halogenated alkanes) is 36. The molecule has 6 heteroatoms. The number of carbonyl (C=O) groups excluding carboxylic acids is 3. The van der Waals surface area contributed by atoms with E-state index < -0.39 is 6.10 Å². The molecule has 0 unspecified atom stereocenters. The van der Waals surface area contributed by atoms with Gasteiger partial charge in [0.2, 0.25) is 0 Å². The smallest absolute Gasteiger partial charge is 0.306 e. The zero-order valence-electron chi connectivity index (χ0n) is 46.1. The molecule has 0 aliphatic carbocycles. The highest BCUT2D eigenvalue weighted by molar-refractivity contribution is 5.71. The average Bonchev–Trinajstić information content (AvgIpc) is 3.35. The Morgan fingerprint density at radius 2 is 0.522 bits per heavy atom. The van der Waals surface area contributed by atoms with Crippen molar-refractivity contribution in [3.63, 3.8) is 0 Å². The van der Waals surface area contributed by atoms with Gasteiger partial charge in [0, 0.05) is 19.3 Å². The van der Waals surface area contributed by atoms with Crippen molar-refractivity contribution in [2.45, 2.75) is 322 Å². The summed E-state index contributed by atoms with van der Waals surface area (Å²) >= 11 is 0. The standard InChI is InChI=1S/C63H114O6/c1-4-7-10-13-16-19-22-25-28-30-31-33-35-38-41-44-47-50-53-56-62(65)68-59-60(58-67-61(64)55-52-49-46-43-40-37-34-27-24-21-18-15-12-9-6-3)69-63(66)57-54-51-48-45-42-39-36-32-29-26-23-20-17-14-11-8-5-2/h16,19,25-29,34,60H,4-15,17-18,20-24,30-33,35-59H2,1-3H3/b19-16-,28-25-,29-26-,34-27-/t60-/m1/s1. The maximum absolute atomic E-state index is 12.9. The predicted octanol–water partition coefficient (Wildman–Crippen LogP) is 20.2. The van der Waals surface area contributed by atoms with E-state index in [0.717, 1.165) is 70.6 Å². The van der Waals surface area contributed by atoms with Gasteiger partial charge in [-0.2, -0.15) is 0 Å². The zero-order chi connectivity index (χ0) is 50.0. The topological polar surface area (TPSA) is 78.9 Å². The highest BCUT2D eigenvalue weighted by Crippen LogP contribution is 2.16. The molecule has 6 nitrogen and oxygen atoms in total. The predicted molar refractivity (Wildman–Crippen MR) is 298 cm³/mol. The summed E-state index contributed by atoms with van der Waals surface area (Å²) in [7, 11) is 0. The van der Waals surface area contributed by atoms with Gasteiger partial charge in [-0.25, -0.2) is 0 Å². The monoisotopic (exact) mass is 967 g/mol. The lowest BCUT2D eigenvalue weighted by Gasteiger charge is -2.18. The van der Waals surface area contributed by atoms with Crippen molar-refractivity contribution in [3.8, 4) is 0 Å². The van der Waals surface area contributed by atoms with Crippen LogP contribution in [0.5, 0.6) is 0 Å². The molecule has 0 fully saturated rings. The van der Waals surface area contributed by atoms with Gasteiger partial charge in [-0.3, -0.25) is 14.4 Å². The molecular weight excluding hydrogens is 853 g/mol. The van der Waals surface area contributed by atoms with Gasteiger partial charge in [0.15, 0.2) is 6.10 Å². The number of rotatable bonds is 55. The van der Waals surface area contributed by atoms with Crippen molar-refractivity contribution in [2.24, 2.45) is 0 Å². The quantitative estimate of drug-likeness (QED) is 0.0262. The van der Waals surface area contributed by atoms with Crippen molar-refractivity contribution in [2.75, 3.05) is 13.2 Å². The molecule has 0 saturated carbocycles. The molecule has 0 saturated heterocycles. The third-order valence-electron chi connectivity index (χ3n) is 13.3.